The third-order valence-electron chi connectivity index (χ3n) is 6.48. The van der Waals surface area contributed by atoms with Gasteiger partial charge in [-0.1, -0.05) is 97.9 Å². The summed E-state index contributed by atoms with van der Waals surface area (Å²) in [6.45, 7) is 1.38. The number of hydrogen-bond donors (Lipinski definition) is 2. The molecule has 0 aliphatic heterocycles. The van der Waals surface area contributed by atoms with Gasteiger partial charge in [0.15, 0.2) is 5.92 Å². The Kier molecular flexibility index (Phi) is 8.79. The average Bonchev–Trinajstić information content (AvgIpc) is 2.93. The van der Waals surface area contributed by atoms with Gasteiger partial charge < -0.3 is 19.9 Å². The van der Waals surface area contributed by atoms with Crippen molar-refractivity contribution in [2.24, 2.45) is 11.8 Å². The van der Waals surface area contributed by atoms with Gasteiger partial charge >= 0.3 is 17.9 Å². The minimum atomic E-state index is -1.62. The monoisotopic (exact) mass is 503 g/mol. The fraction of sp³-hybridized carbons (Fsp3) is 0.241. The quantitative estimate of drug-likeness (QED) is 0.248. The first-order chi connectivity index (χ1) is 17.8. The second-order valence-electron chi connectivity index (χ2n) is 8.52. The van der Waals surface area contributed by atoms with Gasteiger partial charge in [0.2, 0.25) is 5.91 Å². The Balaban J connectivity index is 2.20. The molecule has 2 N–H and O–H groups in total. The number of aliphatic carboxylic acids is 1. The molecule has 1 amide bonds. The average molecular weight is 504 g/mol. The van der Waals surface area contributed by atoms with Gasteiger partial charge in [0.25, 0.3) is 0 Å². The number of carbonyl (C=O) groups is 4. The summed E-state index contributed by atoms with van der Waals surface area (Å²) in [5, 5.41) is 12.7. The van der Waals surface area contributed by atoms with Crippen molar-refractivity contribution in [1.29, 1.82) is 0 Å². The third-order valence-corrected chi connectivity index (χ3v) is 6.48. The fourth-order valence-corrected chi connectivity index (χ4v) is 4.60. The van der Waals surface area contributed by atoms with Crippen LogP contribution in [0.4, 0.5) is 0 Å². The number of amides is 1. The first-order valence-corrected chi connectivity index (χ1v) is 11.6. The topological polar surface area (TPSA) is 119 Å². The lowest BCUT2D eigenvalue weighted by Gasteiger charge is -2.36. The van der Waals surface area contributed by atoms with Gasteiger partial charge in [0, 0.05) is 5.92 Å². The Hall–Kier alpha value is -4.46. The van der Waals surface area contributed by atoms with E-state index in [4.69, 9.17) is 9.47 Å². The van der Waals surface area contributed by atoms with E-state index in [2.05, 4.69) is 5.32 Å². The number of hydrogen-bond acceptors (Lipinski definition) is 6. The zero-order chi connectivity index (χ0) is 27.0. The van der Waals surface area contributed by atoms with Crippen LogP contribution in [0.25, 0.3) is 0 Å². The highest BCUT2D eigenvalue weighted by Gasteiger charge is 2.48. The number of carboxylic acid groups (broad SMARTS) is 1. The Bertz CT molecular complexity index is 1120. The SMILES string of the molecule is COC(=O)C(C(=O)OC)[C@H](C)[C@@H](NC(=O)C(c1ccccc1)(c1ccccc1)c1ccccc1)C(=O)O. The van der Waals surface area contributed by atoms with Crippen molar-refractivity contribution in [3.8, 4) is 0 Å². The number of esters is 2. The summed E-state index contributed by atoms with van der Waals surface area (Å²) in [5.74, 6) is -6.72. The minimum absolute atomic E-state index is 0.610. The first-order valence-electron chi connectivity index (χ1n) is 11.6. The van der Waals surface area contributed by atoms with Crippen LogP contribution < -0.4 is 5.32 Å². The van der Waals surface area contributed by atoms with Crippen LogP contribution in [0, 0.1) is 11.8 Å². The maximum Gasteiger partial charge on any atom is 0.326 e. The zero-order valence-electron chi connectivity index (χ0n) is 20.8. The highest BCUT2D eigenvalue weighted by molar-refractivity contribution is 5.99. The van der Waals surface area contributed by atoms with Gasteiger partial charge in [0.1, 0.15) is 11.5 Å². The summed E-state index contributed by atoms with van der Waals surface area (Å²) in [4.78, 5) is 51.6. The molecule has 3 aromatic carbocycles. The van der Waals surface area contributed by atoms with E-state index in [0.29, 0.717) is 16.7 Å². The standard InChI is InChI=1S/C29H29NO7/c1-19(23(26(33)36-2)27(34)37-3)24(25(31)32)30-28(35)29(20-13-7-4-8-14-20,21-15-9-5-10-16-21)22-17-11-6-12-18-22/h4-19,23-24H,1-3H3,(H,30,35)(H,31,32)/t19-,24+/m0/s1. The summed E-state index contributed by atoms with van der Waals surface area (Å²) in [6.07, 6.45) is 0. The van der Waals surface area contributed by atoms with Crippen molar-refractivity contribution in [3.63, 3.8) is 0 Å². The number of rotatable bonds is 10. The molecule has 8 heteroatoms. The van der Waals surface area contributed by atoms with Crippen molar-refractivity contribution >= 4 is 23.8 Å². The van der Waals surface area contributed by atoms with Crippen molar-refractivity contribution in [3.05, 3.63) is 108 Å². The molecule has 37 heavy (non-hydrogen) atoms. The van der Waals surface area contributed by atoms with Crippen LogP contribution in [0.3, 0.4) is 0 Å². The zero-order valence-corrected chi connectivity index (χ0v) is 20.8. The van der Waals surface area contributed by atoms with E-state index in [0.717, 1.165) is 14.2 Å². The molecule has 3 rings (SSSR count). The van der Waals surface area contributed by atoms with Crippen molar-refractivity contribution in [2.45, 2.75) is 18.4 Å². The Labute approximate surface area is 215 Å². The normalized spacial score (nSPS) is 12.8. The lowest BCUT2D eigenvalue weighted by molar-refractivity contribution is -0.163. The van der Waals surface area contributed by atoms with Crippen LogP contribution in [0.15, 0.2) is 91.0 Å². The first kappa shape index (κ1) is 27.1. The number of ether oxygens (including phenoxy) is 2. The molecule has 0 saturated carbocycles. The van der Waals surface area contributed by atoms with E-state index >= 15 is 0 Å². The summed E-state index contributed by atoms with van der Waals surface area (Å²) in [5.41, 5.74) is 0.390. The van der Waals surface area contributed by atoms with Gasteiger partial charge in [-0.2, -0.15) is 0 Å². The predicted molar refractivity (Wildman–Crippen MR) is 135 cm³/mol. The molecule has 0 aromatic heterocycles. The maximum atomic E-state index is 14.4. The third kappa shape index (κ3) is 5.38. The highest BCUT2D eigenvalue weighted by atomic mass is 16.5. The van der Waals surface area contributed by atoms with Crippen LogP contribution in [-0.4, -0.2) is 49.2 Å². The molecule has 0 fully saturated rings. The van der Waals surface area contributed by atoms with E-state index in [9.17, 15) is 24.3 Å². The van der Waals surface area contributed by atoms with E-state index in [1.165, 1.54) is 6.92 Å². The van der Waals surface area contributed by atoms with Crippen LogP contribution >= 0.6 is 0 Å². The molecule has 0 unspecified atom stereocenters. The van der Waals surface area contributed by atoms with Crippen LogP contribution in [0.5, 0.6) is 0 Å². The van der Waals surface area contributed by atoms with Crippen LogP contribution in [0.1, 0.15) is 23.6 Å². The van der Waals surface area contributed by atoms with Gasteiger partial charge in [0.05, 0.1) is 14.2 Å². The largest absolute Gasteiger partial charge is 0.480 e. The Morgan fingerprint density at radius 3 is 1.35 bits per heavy atom. The number of nitrogens with one attached hydrogen (secondary N) is 1. The Morgan fingerprint density at radius 1 is 0.703 bits per heavy atom. The molecule has 0 aliphatic carbocycles. The summed E-state index contributed by atoms with van der Waals surface area (Å²) >= 11 is 0. The second kappa shape index (κ2) is 12.0. The van der Waals surface area contributed by atoms with E-state index in [1.807, 2.05) is 18.2 Å². The predicted octanol–water partition coefficient (Wildman–Crippen LogP) is 3.19. The van der Waals surface area contributed by atoms with Crippen molar-refractivity contribution in [1.82, 2.24) is 5.32 Å². The number of carbonyl (C=O) groups excluding carboxylic acids is 3. The number of methoxy groups -OCH3 is 2. The smallest absolute Gasteiger partial charge is 0.326 e. The molecule has 0 aliphatic rings. The fourth-order valence-electron chi connectivity index (χ4n) is 4.60. The van der Waals surface area contributed by atoms with Crippen LogP contribution in [0.2, 0.25) is 0 Å². The molecule has 0 radical (unpaired) electrons. The van der Waals surface area contributed by atoms with Gasteiger partial charge in [-0.3, -0.25) is 14.4 Å². The van der Waals surface area contributed by atoms with E-state index in [-0.39, 0.29) is 0 Å². The molecule has 0 bridgehead atoms. The molecular weight excluding hydrogens is 474 g/mol. The molecule has 0 heterocycles. The molecule has 2 atom stereocenters. The molecular formula is C29H29NO7. The van der Waals surface area contributed by atoms with Gasteiger partial charge in [-0.05, 0) is 16.7 Å². The lowest BCUT2D eigenvalue weighted by Crippen LogP contribution is -2.56. The molecule has 192 valence electrons. The lowest BCUT2D eigenvalue weighted by atomic mass is 9.68. The molecule has 0 spiro atoms. The van der Waals surface area contributed by atoms with Gasteiger partial charge in [-0.25, -0.2) is 4.79 Å². The molecule has 8 nitrogen and oxygen atoms in total. The Morgan fingerprint density at radius 2 is 1.05 bits per heavy atom. The molecule has 0 saturated heterocycles. The van der Waals surface area contributed by atoms with Crippen molar-refractivity contribution in [2.75, 3.05) is 14.2 Å². The summed E-state index contributed by atoms with van der Waals surface area (Å²) < 4.78 is 9.44. The number of benzene rings is 3. The summed E-state index contributed by atoms with van der Waals surface area (Å²) in [6, 6.07) is 25.4. The molecule has 3 aromatic rings. The number of carboxylic acids is 1. The second-order valence-corrected chi connectivity index (χ2v) is 8.52. The van der Waals surface area contributed by atoms with Crippen LogP contribution in [-0.2, 0) is 34.1 Å². The minimum Gasteiger partial charge on any atom is -0.480 e. The highest BCUT2D eigenvalue weighted by Crippen LogP contribution is 2.40. The summed E-state index contributed by atoms with van der Waals surface area (Å²) in [7, 11) is 2.18. The van der Waals surface area contributed by atoms with Crippen molar-refractivity contribution < 1.29 is 33.8 Å². The maximum absolute atomic E-state index is 14.4. The van der Waals surface area contributed by atoms with Gasteiger partial charge in [-0.15, -0.1) is 0 Å². The van der Waals surface area contributed by atoms with E-state index < -0.39 is 47.1 Å². The van der Waals surface area contributed by atoms with E-state index in [1.54, 1.807) is 72.8 Å².